The van der Waals surface area contributed by atoms with E-state index in [-0.39, 0.29) is 29.4 Å². The Morgan fingerprint density at radius 2 is 1.83 bits per heavy atom. The number of piperazine rings is 1. The second kappa shape index (κ2) is 9.70. The topological polar surface area (TPSA) is 65.2 Å². The summed E-state index contributed by atoms with van der Waals surface area (Å²) in [7, 11) is 1.67. The van der Waals surface area contributed by atoms with Crippen LogP contribution in [-0.4, -0.2) is 39.6 Å². The molecule has 0 N–H and O–H groups in total. The van der Waals surface area contributed by atoms with Gasteiger partial charge in [0.15, 0.2) is 17.5 Å². The van der Waals surface area contributed by atoms with Gasteiger partial charge in [0.25, 0.3) is 5.56 Å². The molecule has 1 unspecified atom stereocenters. The Morgan fingerprint density at radius 1 is 1.14 bits per heavy atom. The highest BCUT2D eigenvalue weighted by molar-refractivity contribution is 5.89. The lowest BCUT2D eigenvalue weighted by Gasteiger charge is -2.49. The molecule has 0 spiro atoms. The van der Waals surface area contributed by atoms with Crippen molar-refractivity contribution in [2.24, 2.45) is 7.05 Å². The number of hydrogen-bond acceptors (Lipinski definition) is 5. The molecule has 9 heteroatoms. The second-order valence-electron chi connectivity index (χ2n) is 9.09. The lowest BCUT2D eigenvalue weighted by molar-refractivity contribution is 0.102. The second-order valence-corrected chi connectivity index (χ2v) is 9.09. The Kier molecular flexibility index (Phi) is 6.86. The van der Waals surface area contributed by atoms with Gasteiger partial charge in [-0.25, -0.2) is 18.2 Å². The van der Waals surface area contributed by atoms with Gasteiger partial charge in [-0.05, 0) is 49.6 Å². The summed E-state index contributed by atoms with van der Waals surface area (Å²) in [6.45, 7) is 7.12. The van der Waals surface area contributed by atoms with E-state index in [4.69, 9.17) is 0 Å². The number of rotatable bonds is 5. The summed E-state index contributed by atoms with van der Waals surface area (Å²) in [6.07, 6.45) is 1.34. The molecule has 1 saturated heterocycles. The van der Waals surface area contributed by atoms with E-state index in [1.807, 2.05) is 20.8 Å². The molecule has 4 rings (SSSR count). The van der Waals surface area contributed by atoms with E-state index in [1.165, 1.54) is 4.57 Å². The van der Waals surface area contributed by atoms with E-state index >= 15 is 0 Å². The van der Waals surface area contributed by atoms with Crippen LogP contribution in [0.15, 0.2) is 35.1 Å². The molecule has 3 heterocycles. The monoisotopic (exact) mass is 483 g/mol. The maximum Gasteiger partial charge on any atom is 0.252 e. The third-order valence-corrected chi connectivity index (χ3v) is 7.03. The van der Waals surface area contributed by atoms with Crippen molar-refractivity contribution in [3.05, 3.63) is 69.4 Å². The van der Waals surface area contributed by atoms with Crippen molar-refractivity contribution in [1.82, 2.24) is 14.5 Å². The molecule has 0 bridgehead atoms. The van der Waals surface area contributed by atoms with Crippen molar-refractivity contribution < 1.29 is 13.2 Å². The fraction of sp³-hybridized carbons (Fsp3) is 0.423. The summed E-state index contributed by atoms with van der Waals surface area (Å²) in [5.41, 5.74) is 2.39. The lowest BCUT2D eigenvalue weighted by Crippen LogP contribution is -2.58. The maximum absolute atomic E-state index is 14.0. The van der Waals surface area contributed by atoms with Gasteiger partial charge in [-0.3, -0.25) is 9.69 Å². The molecule has 0 amide bonds. The van der Waals surface area contributed by atoms with E-state index in [2.05, 4.69) is 20.9 Å². The van der Waals surface area contributed by atoms with Crippen LogP contribution >= 0.6 is 0 Å². The van der Waals surface area contributed by atoms with Crippen molar-refractivity contribution in [1.29, 1.82) is 5.26 Å². The lowest BCUT2D eigenvalue weighted by atomic mass is 9.95. The molecule has 0 saturated carbocycles. The van der Waals surface area contributed by atoms with Gasteiger partial charge in [0.2, 0.25) is 0 Å². The predicted octanol–water partition coefficient (Wildman–Crippen LogP) is 4.66. The van der Waals surface area contributed by atoms with E-state index in [0.29, 0.717) is 41.8 Å². The summed E-state index contributed by atoms with van der Waals surface area (Å²) in [5, 5.41) is 9.37. The Hall–Kier alpha value is -3.38. The molecule has 2 aromatic heterocycles. The number of benzene rings is 1. The fourth-order valence-corrected chi connectivity index (χ4v) is 5.16. The average Bonchev–Trinajstić information content (AvgIpc) is 2.85. The van der Waals surface area contributed by atoms with E-state index in [1.54, 1.807) is 25.2 Å². The highest BCUT2D eigenvalue weighted by Gasteiger charge is 2.36. The number of nitriles is 1. The zero-order valence-corrected chi connectivity index (χ0v) is 20.2. The van der Waals surface area contributed by atoms with Gasteiger partial charge in [-0.1, -0.05) is 13.8 Å². The minimum Gasteiger partial charge on any atom is -0.364 e. The van der Waals surface area contributed by atoms with E-state index < -0.39 is 17.5 Å². The van der Waals surface area contributed by atoms with Crippen LogP contribution in [0.25, 0.3) is 11.0 Å². The van der Waals surface area contributed by atoms with Crippen molar-refractivity contribution >= 4 is 16.7 Å². The van der Waals surface area contributed by atoms with Crippen LogP contribution in [0.5, 0.6) is 0 Å². The molecule has 35 heavy (non-hydrogen) atoms. The largest absolute Gasteiger partial charge is 0.364 e. The molecule has 1 aliphatic heterocycles. The predicted molar refractivity (Wildman–Crippen MR) is 129 cm³/mol. The zero-order chi connectivity index (χ0) is 25.4. The van der Waals surface area contributed by atoms with Gasteiger partial charge in [0, 0.05) is 44.3 Å². The molecular weight excluding hydrogens is 455 g/mol. The number of aromatic nitrogens is 2. The number of anilines is 1. The van der Waals surface area contributed by atoms with Gasteiger partial charge in [0.05, 0.1) is 11.2 Å². The highest BCUT2D eigenvalue weighted by Crippen LogP contribution is 2.35. The van der Waals surface area contributed by atoms with Crippen LogP contribution in [0, 0.1) is 28.8 Å². The quantitative estimate of drug-likeness (QED) is 0.494. The number of aryl methyl sites for hydroxylation is 1. The van der Waals surface area contributed by atoms with Gasteiger partial charge < -0.3 is 9.47 Å². The minimum atomic E-state index is -1.46. The maximum atomic E-state index is 14.0. The summed E-state index contributed by atoms with van der Waals surface area (Å²) in [4.78, 5) is 21.6. The number of nitrogens with zero attached hydrogens (tertiary/aromatic N) is 5. The number of halogens is 3. The first-order valence-electron chi connectivity index (χ1n) is 11.8. The van der Waals surface area contributed by atoms with E-state index in [0.717, 1.165) is 18.6 Å². The Morgan fingerprint density at radius 3 is 2.43 bits per heavy atom. The van der Waals surface area contributed by atoms with Crippen LogP contribution in [0.4, 0.5) is 18.9 Å². The van der Waals surface area contributed by atoms with Crippen molar-refractivity contribution in [2.45, 2.75) is 51.7 Å². The molecular formula is C26H28F3N5O. The van der Waals surface area contributed by atoms with Crippen molar-refractivity contribution in [3.8, 4) is 6.07 Å². The average molecular weight is 484 g/mol. The summed E-state index contributed by atoms with van der Waals surface area (Å²) < 4.78 is 43.1. The first-order chi connectivity index (χ1) is 16.7. The van der Waals surface area contributed by atoms with Gasteiger partial charge in [-0.2, -0.15) is 5.26 Å². The first kappa shape index (κ1) is 24.7. The summed E-state index contributed by atoms with van der Waals surface area (Å²) in [6, 6.07) is 8.75. The Bertz CT molecular complexity index is 1340. The molecule has 6 nitrogen and oxygen atoms in total. The Labute approximate surface area is 202 Å². The standard InChI is InChI=1S/C26H28F3N5O/c1-5-18-14-33(21(6-2)16-9-19(27)25(29)20(28)10-16)15(3)13-34(18)23-11-24(35)32(4)22-8-7-17(12-30)31-26(22)23/h7-11,15,18,21H,5-6,13-14H2,1-4H3/t15-,18+,21?/m1/s1. The zero-order valence-electron chi connectivity index (χ0n) is 20.2. The van der Waals surface area contributed by atoms with Gasteiger partial charge in [0.1, 0.15) is 17.3 Å². The van der Waals surface area contributed by atoms with Crippen LogP contribution in [0.3, 0.4) is 0 Å². The Balaban J connectivity index is 1.75. The van der Waals surface area contributed by atoms with E-state index in [9.17, 15) is 23.2 Å². The van der Waals surface area contributed by atoms with Crippen LogP contribution in [0.2, 0.25) is 0 Å². The van der Waals surface area contributed by atoms with Gasteiger partial charge in [-0.15, -0.1) is 0 Å². The molecule has 0 radical (unpaired) electrons. The number of pyridine rings is 2. The SMILES string of the molecule is CCC(c1cc(F)c(F)c(F)c1)N1C[C@H](CC)N(c2cc(=O)n(C)c3ccc(C#N)nc23)C[C@H]1C. The number of hydrogen-bond donors (Lipinski definition) is 0. The van der Waals surface area contributed by atoms with Crippen LogP contribution in [-0.2, 0) is 7.05 Å². The third-order valence-electron chi connectivity index (χ3n) is 7.03. The highest BCUT2D eigenvalue weighted by atomic mass is 19.2. The summed E-state index contributed by atoms with van der Waals surface area (Å²) in [5.74, 6) is -3.85. The minimum absolute atomic E-state index is 0.0155. The molecule has 3 atom stereocenters. The van der Waals surface area contributed by atoms with Gasteiger partial charge >= 0.3 is 0 Å². The molecule has 1 aliphatic rings. The smallest absolute Gasteiger partial charge is 0.252 e. The normalized spacial score (nSPS) is 19.7. The molecule has 1 aromatic carbocycles. The third kappa shape index (κ3) is 4.39. The van der Waals surface area contributed by atoms with Crippen LogP contribution < -0.4 is 10.5 Å². The first-order valence-corrected chi connectivity index (χ1v) is 11.8. The molecule has 3 aromatic rings. The number of fused-ring (bicyclic) bond motifs is 1. The summed E-state index contributed by atoms with van der Waals surface area (Å²) >= 11 is 0. The molecule has 184 valence electrons. The molecule has 0 aliphatic carbocycles. The molecule has 1 fully saturated rings. The van der Waals surface area contributed by atoms with Crippen molar-refractivity contribution in [3.63, 3.8) is 0 Å². The fourth-order valence-electron chi connectivity index (χ4n) is 5.16. The van der Waals surface area contributed by atoms with Crippen LogP contribution in [0.1, 0.15) is 50.9 Å². The van der Waals surface area contributed by atoms with Crippen molar-refractivity contribution in [2.75, 3.05) is 18.0 Å².